The van der Waals surface area contributed by atoms with Gasteiger partial charge in [-0.15, -0.1) is 0 Å². The van der Waals surface area contributed by atoms with Crippen LogP contribution in [-0.4, -0.2) is 9.13 Å². The van der Waals surface area contributed by atoms with Crippen molar-refractivity contribution in [1.82, 2.24) is 9.13 Å². The van der Waals surface area contributed by atoms with Crippen LogP contribution in [0, 0.1) is 11.7 Å². The Labute approximate surface area is 59.7 Å². The Kier molecular flexibility index (Phi) is 1.45. The van der Waals surface area contributed by atoms with Gasteiger partial charge in [-0.1, -0.05) is 0 Å². The summed E-state index contributed by atoms with van der Waals surface area (Å²) >= 11 is 5.04. The third-order valence-corrected chi connectivity index (χ3v) is 2.06. The Balaban J connectivity index is 3.48. The normalized spacial score (nSPS) is 10.1. The lowest BCUT2D eigenvalue weighted by Crippen LogP contribution is -1.91. The minimum atomic E-state index is 0.868. The van der Waals surface area contributed by atoms with E-state index in [1.807, 2.05) is 36.4 Å². The van der Waals surface area contributed by atoms with Gasteiger partial charge in [0.1, 0.15) is 0 Å². The molecule has 9 heavy (non-hydrogen) atoms. The molecule has 1 aromatic heterocycles. The molecule has 0 bridgehead atoms. The van der Waals surface area contributed by atoms with E-state index in [-0.39, 0.29) is 0 Å². The number of hydrogen-bond acceptors (Lipinski definition) is 1. The van der Waals surface area contributed by atoms with Gasteiger partial charge < -0.3 is 9.13 Å². The van der Waals surface area contributed by atoms with E-state index in [1.54, 1.807) is 0 Å². The molecule has 0 aliphatic rings. The number of aromatic nitrogens is 2. The van der Waals surface area contributed by atoms with Crippen LogP contribution in [0.25, 0.3) is 0 Å². The predicted molar refractivity (Wildman–Crippen MR) is 40.0 cm³/mol. The maximum atomic E-state index is 5.04. The van der Waals surface area contributed by atoms with Crippen molar-refractivity contribution >= 4 is 12.2 Å². The van der Waals surface area contributed by atoms with Gasteiger partial charge in [0, 0.05) is 26.0 Å². The number of imidazole rings is 1. The van der Waals surface area contributed by atoms with E-state index in [2.05, 4.69) is 0 Å². The Morgan fingerprint density at radius 2 is 2.00 bits per heavy atom. The van der Waals surface area contributed by atoms with Gasteiger partial charge in [0.05, 0.1) is 0 Å². The number of nitrogens with zero attached hydrogens (tertiary/aromatic N) is 2. The summed E-state index contributed by atoms with van der Waals surface area (Å²) in [5.41, 5.74) is 1.20. The number of rotatable bonds is 0. The smallest absolute Gasteiger partial charge is 0.179 e. The highest BCUT2D eigenvalue weighted by Gasteiger charge is 1.93. The third-order valence-electron chi connectivity index (χ3n) is 1.50. The zero-order valence-electron chi connectivity index (χ0n) is 5.88. The molecule has 0 aliphatic carbocycles. The summed E-state index contributed by atoms with van der Waals surface area (Å²) in [6.07, 6.45) is 2.02. The first-order chi connectivity index (χ1) is 4.13. The van der Waals surface area contributed by atoms with Crippen molar-refractivity contribution in [2.24, 2.45) is 14.1 Å². The molecule has 0 unspecified atom stereocenters. The van der Waals surface area contributed by atoms with Gasteiger partial charge in [0.2, 0.25) is 0 Å². The van der Waals surface area contributed by atoms with Crippen LogP contribution in [-0.2, 0) is 14.1 Å². The van der Waals surface area contributed by atoms with Crippen LogP contribution in [0.3, 0.4) is 0 Å². The molecule has 0 aliphatic heterocycles. The van der Waals surface area contributed by atoms with E-state index in [0.717, 1.165) is 4.77 Å². The molecule has 2 nitrogen and oxygen atoms in total. The molecular formula is C6H10N2S. The molecule has 0 saturated heterocycles. The van der Waals surface area contributed by atoms with Crippen LogP contribution in [0.2, 0.25) is 0 Å². The lowest BCUT2D eigenvalue weighted by atomic mass is 10.5. The number of hydrogen-bond donors (Lipinski definition) is 0. The van der Waals surface area contributed by atoms with Gasteiger partial charge in [-0.05, 0) is 19.1 Å². The molecule has 0 radical (unpaired) electrons. The fraction of sp³-hybridized carbons (Fsp3) is 0.500. The topological polar surface area (TPSA) is 9.86 Å². The first-order valence-electron chi connectivity index (χ1n) is 2.82. The maximum absolute atomic E-state index is 5.04. The molecule has 0 fully saturated rings. The highest BCUT2D eigenvalue weighted by Crippen LogP contribution is 1.98. The minimum absolute atomic E-state index is 0.868. The monoisotopic (exact) mass is 142 g/mol. The summed E-state index contributed by atoms with van der Waals surface area (Å²) in [5, 5.41) is 0. The van der Waals surface area contributed by atoms with Crippen molar-refractivity contribution < 1.29 is 0 Å². The van der Waals surface area contributed by atoms with Gasteiger partial charge >= 0.3 is 0 Å². The van der Waals surface area contributed by atoms with Crippen molar-refractivity contribution in [3.05, 3.63) is 16.7 Å². The predicted octanol–water partition coefficient (Wildman–Crippen LogP) is 1.40. The quantitative estimate of drug-likeness (QED) is 0.498. The molecule has 1 aromatic rings. The maximum Gasteiger partial charge on any atom is 0.179 e. The van der Waals surface area contributed by atoms with Gasteiger partial charge in [-0.2, -0.15) is 0 Å². The molecule has 0 atom stereocenters. The van der Waals surface area contributed by atoms with E-state index < -0.39 is 0 Å². The highest BCUT2D eigenvalue weighted by atomic mass is 32.1. The summed E-state index contributed by atoms with van der Waals surface area (Å²) in [5.74, 6) is 0. The average Bonchev–Trinajstić information content (AvgIpc) is 1.98. The second kappa shape index (κ2) is 1.99. The Hall–Kier alpha value is -0.570. The molecule has 1 rings (SSSR count). The summed E-state index contributed by atoms with van der Waals surface area (Å²) < 4.78 is 4.78. The zero-order valence-corrected chi connectivity index (χ0v) is 6.70. The Morgan fingerprint density at radius 1 is 1.44 bits per heavy atom. The molecule has 0 amide bonds. The van der Waals surface area contributed by atoms with Crippen LogP contribution in [0.4, 0.5) is 0 Å². The zero-order chi connectivity index (χ0) is 7.02. The van der Waals surface area contributed by atoms with Crippen LogP contribution in [0.5, 0.6) is 0 Å². The van der Waals surface area contributed by atoms with E-state index in [4.69, 9.17) is 12.2 Å². The van der Waals surface area contributed by atoms with Crippen LogP contribution in [0.1, 0.15) is 5.69 Å². The third kappa shape index (κ3) is 0.920. The van der Waals surface area contributed by atoms with Crippen molar-refractivity contribution in [3.63, 3.8) is 0 Å². The molecule has 50 valence electrons. The average molecular weight is 142 g/mol. The standard InChI is InChI=1S/C6H10N2S/c1-5-4-7(2)6(9)8(5)3/h4H,1-3H3. The van der Waals surface area contributed by atoms with E-state index in [1.165, 1.54) is 5.69 Å². The van der Waals surface area contributed by atoms with Crippen LogP contribution < -0.4 is 0 Å². The van der Waals surface area contributed by atoms with Crippen molar-refractivity contribution in [2.45, 2.75) is 6.92 Å². The van der Waals surface area contributed by atoms with Gasteiger partial charge in [-0.3, -0.25) is 0 Å². The van der Waals surface area contributed by atoms with E-state index in [0.29, 0.717) is 0 Å². The minimum Gasteiger partial charge on any atom is -0.327 e. The van der Waals surface area contributed by atoms with Crippen molar-refractivity contribution in [1.29, 1.82) is 0 Å². The van der Waals surface area contributed by atoms with Crippen LogP contribution in [0.15, 0.2) is 6.20 Å². The molecule has 1 heterocycles. The second-order valence-corrected chi connectivity index (χ2v) is 2.59. The Bertz CT molecular complexity index is 269. The summed E-state index contributed by atoms with van der Waals surface area (Å²) in [4.78, 5) is 0. The largest absolute Gasteiger partial charge is 0.327 e. The van der Waals surface area contributed by atoms with Crippen LogP contribution >= 0.6 is 12.2 Å². The van der Waals surface area contributed by atoms with E-state index in [9.17, 15) is 0 Å². The molecule has 0 saturated carbocycles. The molecule has 0 aromatic carbocycles. The highest BCUT2D eigenvalue weighted by molar-refractivity contribution is 7.71. The van der Waals surface area contributed by atoms with Crippen molar-refractivity contribution in [3.8, 4) is 0 Å². The number of aryl methyl sites for hydroxylation is 2. The lowest BCUT2D eigenvalue weighted by Gasteiger charge is -1.90. The summed E-state index contributed by atoms with van der Waals surface area (Å²) in [7, 11) is 3.92. The SMILES string of the molecule is Cc1cn(C)c(=S)n1C. The molecular weight excluding hydrogens is 132 g/mol. The molecule has 0 spiro atoms. The first kappa shape index (κ1) is 6.55. The summed E-state index contributed by atoms with van der Waals surface area (Å²) in [6, 6.07) is 0. The molecule has 0 N–H and O–H groups in total. The van der Waals surface area contributed by atoms with E-state index >= 15 is 0 Å². The Morgan fingerprint density at radius 3 is 2.11 bits per heavy atom. The molecule has 3 heteroatoms. The lowest BCUT2D eigenvalue weighted by molar-refractivity contribution is 0.802. The fourth-order valence-electron chi connectivity index (χ4n) is 0.810. The second-order valence-electron chi connectivity index (χ2n) is 2.22. The van der Waals surface area contributed by atoms with Crippen molar-refractivity contribution in [2.75, 3.05) is 0 Å². The van der Waals surface area contributed by atoms with Gasteiger partial charge in [-0.25, -0.2) is 0 Å². The van der Waals surface area contributed by atoms with Gasteiger partial charge in [0.25, 0.3) is 0 Å². The fourth-order valence-corrected chi connectivity index (χ4v) is 1.01. The first-order valence-corrected chi connectivity index (χ1v) is 3.22. The van der Waals surface area contributed by atoms with Gasteiger partial charge in [0.15, 0.2) is 4.77 Å². The summed E-state index contributed by atoms with van der Waals surface area (Å²) in [6.45, 7) is 2.04.